The van der Waals surface area contributed by atoms with Crippen molar-refractivity contribution in [3.63, 3.8) is 0 Å². The molecule has 0 aliphatic carbocycles. The van der Waals surface area contributed by atoms with Gasteiger partial charge in [0, 0.05) is 38.3 Å². The fourth-order valence-electron chi connectivity index (χ4n) is 5.27. The minimum atomic E-state index is -2.68. The zero-order chi connectivity index (χ0) is 26.6. The maximum absolute atomic E-state index is 13.1. The van der Waals surface area contributed by atoms with Gasteiger partial charge in [0.2, 0.25) is 0 Å². The number of ether oxygens (including phenoxy) is 1. The summed E-state index contributed by atoms with van der Waals surface area (Å²) in [5.41, 5.74) is 5.46. The number of benzene rings is 2. The van der Waals surface area contributed by atoms with Gasteiger partial charge in [0.25, 0.3) is 8.32 Å². The van der Waals surface area contributed by atoms with Gasteiger partial charge in [-0.2, -0.15) is 0 Å². The molecule has 2 aromatic rings. The summed E-state index contributed by atoms with van der Waals surface area (Å²) in [6.07, 6.45) is -0.266. The summed E-state index contributed by atoms with van der Waals surface area (Å²) < 4.78 is 13.0. The van der Waals surface area contributed by atoms with Crippen molar-refractivity contribution in [1.29, 1.82) is 0 Å². The Labute approximate surface area is 218 Å². The van der Waals surface area contributed by atoms with Crippen LogP contribution in [0.3, 0.4) is 0 Å². The van der Waals surface area contributed by atoms with Crippen molar-refractivity contribution in [1.82, 2.24) is 9.80 Å². The van der Waals surface area contributed by atoms with Crippen molar-refractivity contribution in [2.45, 2.75) is 71.2 Å². The third-order valence-electron chi connectivity index (χ3n) is 6.91. The second-order valence-electron chi connectivity index (χ2n) is 11.9. The van der Waals surface area contributed by atoms with Gasteiger partial charge in [-0.3, -0.25) is 4.90 Å². The molecular weight excluding hydrogens is 466 g/mol. The molecular formula is C29H45N3O3Si. The molecule has 1 saturated heterocycles. The van der Waals surface area contributed by atoms with E-state index in [0.29, 0.717) is 19.7 Å². The molecule has 2 atom stereocenters. The highest BCUT2D eigenvalue weighted by Gasteiger charge is 2.51. The molecule has 0 saturated carbocycles. The summed E-state index contributed by atoms with van der Waals surface area (Å²) in [5.74, 6) is 0. The van der Waals surface area contributed by atoms with E-state index in [-0.39, 0.29) is 23.2 Å². The first kappa shape index (κ1) is 28.4. The maximum atomic E-state index is 13.1. The minimum Gasteiger partial charge on any atom is -0.444 e. The van der Waals surface area contributed by atoms with E-state index in [2.05, 4.69) is 93.3 Å². The Kier molecular flexibility index (Phi) is 9.04. The molecule has 0 bridgehead atoms. The number of carbonyl (C=O) groups excluding carboxylic acids is 1. The maximum Gasteiger partial charge on any atom is 0.410 e. The molecule has 1 fully saturated rings. The normalized spacial score (nSPS) is 19.8. The standard InChI is InChI=1S/C29H45N3O3Si/c1-23-20-31(19-18-30)24(21-32(23)27(33)35-28(2,3)4)22-34-36(29(5,6)7,25-14-10-8-11-15-25)26-16-12-9-13-17-26/h8-17,23-24H,18-22,30H2,1-7H3/t23-,24+/m1/s1. The van der Waals surface area contributed by atoms with Crippen molar-refractivity contribution in [3.05, 3.63) is 60.7 Å². The molecule has 7 heteroatoms. The molecule has 3 rings (SSSR count). The number of nitrogens with two attached hydrogens (primary N) is 1. The largest absolute Gasteiger partial charge is 0.444 e. The number of carbonyl (C=O) groups is 1. The fourth-order valence-corrected chi connectivity index (χ4v) is 9.86. The fraction of sp³-hybridized carbons (Fsp3) is 0.552. The van der Waals surface area contributed by atoms with Crippen LogP contribution in [0.25, 0.3) is 0 Å². The van der Waals surface area contributed by atoms with Gasteiger partial charge in [-0.05, 0) is 43.1 Å². The highest BCUT2D eigenvalue weighted by molar-refractivity contribution is 6.99. The highest BCUT2D eigenvalue weighted by Crippen LogP contribution is 2.37. The average molecular weight is 512 g/mol. The third kappa shape index (κ3) is 6.38. The van der Waals surface area contributed by atoms with Gasteiger partial charge in [0.15, 0.2) is 0 Å². The van der Waals surface area contributed by atoms with E-state index in [1.807, 2.05) is 25.7 Å². The van der Waals surface area contributed by atoms with Gasteiger partial charge in [0.05, 0.1) is 6.61 Å². The summed E-state index contributed by atoms with van der Waals surface area (Å²) in [6.45, 7) is 17.8. The molecule has 1 amide bonds. The molecule has 1 aliphatic rings. The molecule has 36 heavy (non-hydrogen) atoms. The molecule has 6 nitrogen and oxygen atoms in total. The van der Waals surface area contributed by atoms with Crippen LogP contribution in [0.2, 0.25) is 5.04 Å². The summed E-state index contributed by atoms with van der Waals surface area (Å²) in [7, 11) is -2.68. The Bertz CT molecular complexity index is 933. The van der Waals surface area contributed by atoms with Crippen LogP contribution in [0, 0.1) is 0 Å². The first-order valence-electron chi connectivity index (χ1n) is 13.1. The number of hydrogen-bond donors (Lipinski definition) is 1. The van der Waals surface area contributed by atoms with Gasteiger partial charge in [-0.15, -0.1) is 0 Å². The molecule has 0 unspecified atom stereocenters. The summed E-state index contributed by atoms with van der Waals surface area (Å²) in [4.78, 5) is 17.3. The van der Waals surface area contributed by atoms with Gasteiger partial charge in [-0.1, -0.05) is 81.4 Å². The molecule has 2 aromatic carbocycles. The van der Waals surface area contributed by atoms with E-state index in [1.165, 1.54) is 10.4 Å². The van der Waals surface area contributed by atoms with Crippen molar-refractivity contribution >= 4 is 24.8 Å². The zero-order valence-electron chi connectivity index (χ0n) is 23.2. The van der Waals surface area contributed by atoms with Crippen molar-refractivity contribution in [2.24, 2.45) is 5.73 Å². The van der Waals surface area contributed by atoms with Crippen molar-refractivity contribution in [2.75, 3.05) is 32.8 Å². The van der Waals surface area contributed by atoms with E-state index < -0.39 is 13.9 Å². The van der Waals surface area contributed by atoms with Gasteiger partial charge in [0.1, 0.15) is 5.60 Å². The zero-order valence-corrected chi connectivity index (χ0v) is 24.2. The second-order valence-corrected chi connectivity index (χ2v) is 16.2. The first-order chi connectivity index (χ1) is 16.9. The van der Waals surface area contributed by atoms with Crippen LogP contribution >= 0.6 is 0 Å². The number of rotatable bonds is 7. The Morgan fingerprint density at radius 1 is 0.944 bits per heavy atom. The molecule has 0 radical (unpaired) electrons. The quantitative estimate of drug-likeness (QED) is 0.572. The van der Waals surface area contributed by atoms with Crippen LogP contribution in [0.5, 0.6) is 0 Å². The average Bonchev–Trinajstić information content (AvgIpc) is 2.80. The first-order valence-corrected chi connectivity index (χ1v) is 15.0. The molecule has 2 N–H and O–H groups in total. The Balaban J connectivity index is 1.97. The summed E-state index contributed by atoms with van der Waals surface area (Å²) in [5, 5.41) is 2.39. The number of nitrogens with zero attached hydrogens (tertiary/aromatic N) is 2. The van der Waals surface area contributed by atoms with E-state index in [9.17, 15) is 4.79 Å². The van der Waals surface area contributed by atoms with Crippen LogP contribution in [0.1, 0.15) is 48.5 Å². The summed E-state index contributed by atoms with van der Waals surface area (Å²) in [6, 6.07) is 21.4. The number of amides is 1. The van der Waals surface area contributed by atoms with Gasteiger partial charge < -0.3 is 19.8 Å². The lowest BCUT2D eigenvalue weighted by Crippen LogP contribution is -2.68. The minimum absolute atomic E-state index is 0.0268. The highest BCUT2D eigenvalue weighted by atomic mass is 28.4. The van der Waals surface area contributed by atoms with Crippen molar-refractivity contribution in [3.8, 4) is 0 Å². The van der Waals surface area contributed by atoms with E-state index in [4.69, 9.17) is 14.9 Å². The lowest BCUT2D eigenvalue weighted by Gasteiger charge is -2.48. The van der Waals surface area contributed by atoms with E-state index in [1.54, 1.807) is 0 Å². The van der Waals surface area contributed by atoms with Crippen LogP contribution in [0.4, 0.5) is 4.79 Å². The van der Waals surface area contributed by atoms with Crippen LogP contribution in [-0.2, 0) is 9.16 Å². The van der Waals surface area contributed by atoms with Crippen LogP contribution in [-0.4, -0.2) is 74.7 Å². The molecule has 198 valence electrons. The van der Waals surface area contributed by atoms with Crippen LogP contribution < -0.4 is 16.1 Å². The molecule has 1 aliphatic heterocycles. The lowest BCUT2D eigenvalue weighted by atomic mass is 10.1. The predicted octanol–water partition coefficient (Wildman–Crippen LogP) is 3.83. The monoisotopic (exact) mass is 511 g/mol. The van der Waals surface area contributed by atoms with Crippen molar-refractivity contribution < 1.29 is 14.0 Å². The SMILES string of the molecule is C[C@@H]1CN(CCN)[C@H](CO[Si](c2ccccc2)(c2ccccc2)C(C)(C)C)CN1C(=O)OC(C)(C)C. The van der Waals surface area contributed by atoms with Crippen LogP contribution in [0.15, 0.2) is 60.7 Å². The Morgan fingerprint density at radius 2 is 1.47 bits per heavy atom. The van der Waals surface area contributed by atoms with Gasteiger partial charge >= 0.3 is 6.09 Å². The van der Waals surface area contributed by atoms with E-state index >= 15 is 0 Å². The third-order valence-corrected chi connectivity index (χ3v) is 11.9. The topological polar surface area (TPSA) is 68.0 Å². The molecule has 0 aromatic heterocycles. The number of piperazine rings is 1. The molecule has 1 heterocycles. The smallest absolute Gasteiger partial charge is 0.410 e. The van der Waals surface area contributed by atoms with E-state index in [0.717, 1.165) is 13.1 Å². The summed E-state index contributed by atoms with van der Waals surface area (Å²) >= 11 is 0. The van der Waals surface area contributed by atoms with Gasteiger partial charge in [-0.25, -0.2) is 4.79 Å². The molecule has 0 spiro atoms. The predicted molar refractivity (Wildman–Crippen MR) is 150 cm³/mol. The number of hydrogen-bond acceptors (Lipinski definition) is 5. The second kappa shape index (κ2) is 11.5. The Morgan fingerprint density at radius 3 is 1.92 bits per heavy atom. The Hall–Kier alpha value is -2.19. The lowest BCUT2D eigenvalue weighted by molar-refractivity contribution is -0.0195.